The van der Waals surface area contributed by atoms with Crippen molar-refractivity contribution in [1.82, 2.24) is 5.32 Å². The van der Waals surface area contributed by atoms with Gasteiger partial charge in [-0.2, -0.15) is 0 Å². The van der Waals surface area contributed by atoms with Gasteiger partial charge in [0, 0.05) is 11.6 Å². The number of hydrogen-bond donors (Lipinski definition) is 1. The fraction of sp³-hybridized carbons (Fsp3) is 0. The first-order chi connectivity index (χ1) is 13.6. The van der Waals surface area contributed by atoms with E-state index in [0.717, 1.165) is 17.3 Å². The molecule has 0 unspecified atom stereocenters. The number of nitrogens with one attached hydrogen (secondary N) is 1. The van der Waals surface area contributed by atoms with Crippen LogP contribution < -0.4 is 5.32 Å². The first-order valence-electron chi connectivity index (χ1n) is 8.48. The third kappa shape index (κ3) is 4.02. The minimum Gasteiger partial charge on any atom is -0.300 e. The van der Waals surface area contributed by atoms with E-state index >= 15 is 0 Å². The van der Waals surface area contributed by atoms with Gasteiger partial charge < -0.3 is 5.32 Å². The second-order valence-electron chi connectivity index (χ2n) is 6.06. The summed E-state index contributed by atoms with van der Waals surface area (Å²) in [6.07, 6.45) is 1.75. The van der Waals surface area contributed by atoms with Crippen LogP contribution in [0.3, 0.4) is 0 Å². The van der Waals surface area contributed by atoms with E-state index < -0.39 is 11.6 Å². The summed E-state index contributed by atoms with van der Waals surface area (Å²) < 4.78 is 27.0. The minimum atomic E-state index is -0.612. The lowest BCUT2D eigenvalue weighted by Gasteiger charge is -2.04. The highest BCUT2D eigenvalue weighted by Crippen LogP contribution is 2.29. The van der Waals surface area contributed by atoms with Crippen molar-refractivity contribution in [3.63, 3.8) is 0 Å². The summed E-state index contributed by atoms with van der Waals surface area (Å²) in [5.41, 5.74) is 2.52. The van der Waals surface area contributed by atoms with E-state index in [2.05, 4.69) is 10.3 Å². The molecular weight excluding hydrogens is 378 g/mol. The summed E-state index contributed by atoms with van der Waals surface area (Å²) in [5, 5.41) is 3.26. The van der Waals surface area contributed by atoms with E-state index in [-0.39, 0.29) is 5.91 Å². The maximum absolute atomic E-state index is 13.9. The van der Waals surface area contributed by atoms with Crippen LogP contribution in [0.5, 0.6) is 0 Å². The van der Waals surface area contributed by atoms with E-state index in [1.807, 2.05) is 30.3 Å². The predicted octanol–water partition coefficient (Wildman–Crippen LogP) is 5.52. The molecule has 1 fully saturated rings. The van der Waals surface area contributed by atoms with E-state index in [1.54, 1.807) is 30.3 Å². The quantitative estimate of drug-likeness (QED) is 0.596. The van der Waals surface area contributed by atoms with Gasteiger partial charge in [-0.25, -0.2) is 13.8 Å². The summed E-state index contributed by atoms with van der Waals surface area (Å²) >= 11 is 1.26. The van der Waals surface area contributed by atoms with Gasteiger partial charge in [-0.05, 0) is 53.2 Å². The van der Waals surface area contributed by atoms with Crippen LogP contribution in [0, 0.1) is 11.6 Å². The van der Waals surface area contributed by atoms with Gasteiger partial charge in [0.05, 0.1) is 10.6 Å². The van der Waals surface area contributed by atoms with Crippen molar-refractivity contribution >= 4 is 34.6 Å². The van der Waals surface area contributed by atoms with E-state index in [4.69, 9.17) is 0 Å². The average molecular weight is 392 g/mol. The Labute approximate surface area is 164 Å². The topological polar surface area (TPSA) is 41.5 Å². The van der Waals surface area contributed by atoms with Gasteiger partial charge >= 0.3 is 0 Å². The van der Waals surface area contributed by atoms with Gasteiger partial charge in [-0.3, -0.25) is 4.79 Å². The number of amides is 1. The van der Waals surface area contributed by atoms with Crippen LogP contribution in [-0.2, 0) is 4.79 Å². The number of rotatable bonds is 3. The highest BCUT2D eigenvalue weighted by Gasteiger charge is 2.23. The van der Waals surface area contributed by atoms with Crippen LogP contribution >= 0.6 is 11.8 Å². The molecule has 138 valence electrons. The normalized spacial score (nSPS) is 16.6. The number of carbonyl (C=O) groups excluding carboxylic acids is 1. The zero-order chi connectivity index (χ0) is 19.5. The summed E-state index contributed by atoms with van der Waals surface area (Å²) in [5.74, 6) is -1.44. The van der Waals surface area contributed by atoms with Crippen molar-refractivity contribution in [3.8, 4) is 11.1 Å². The van der Waals surface area contributed by atoms with Crippen molar-refractivity contribution in [2.45, 2.75) is 0 Å². The van der Waals surface area contributed by atoms with Crippen LogP contribution in [0.15, 0.2) is 82.7 Å². The number of para-hydroxylation sites is 1. The van der Waals surface area contributed by atoms with Gasteiger partial charge in [0.25, 0.3) is 5.91 Å². The fourth-order valence-corrected chi connectivity index (χ4v) is 3.58. The highest BCUT2D eigenvalue weighted by atomic mass is 32.2. The van der Waals surface area contributed by atoms with Crippen LogP contribution in [0.2, 0.25) is 0 Å². The van der Waals surface area contributed by atoms with Crippen LogP contribution in [0.1, 0.15) is 5.56 Å². The first-order valence-corrected chi connectivity index (χ1v) is 9.30. The molecule has 1 N–H and O–H groups in total. The summed E-state index contributed by atoms with van der Waals surface area (Å²) in [7, 11) is 0. The lowest BCUT2D eigenvalue weighted by Crippen LogP contribution is -2.19. The second kappa shape index (κ2) is 7.78. The maximum Gasteiger partial charge on any atom is 0.264 e. The highest BCUT2D eigenvalue weighted by molar-refractivity contribution is 8.18. The number of carbonyl (C=O) groups is 1. The van der Waals surface area contributed by atoms with Gasteiger partial charge in [0.2, 0.25) is 0 Å². The molecule has 1 aliphatic rings. The molecule has 0 spiro atoms. The number of hydrogen-bond acceptors (Lipinski definition) is 3. The molecule has 1 amide bonds. The summed E-state index contributed by atoms with van der Waals surface area (Å²) in [6, 6.07) is 19.9. The number of amidine groups is 1. The number of aliphatic imine (C=N–C) groups is 1. The van der Waals surface area contributed by atoms with Crippen LogP contribution in [0.4, 0.5) is 14.5 Å². The molecule has 1 heterocycles. The van der Waals surface area contributed by atoms with Crippen molar-refractivity contribution < 1.29 is 13.6 Å². The van der Waals surface area contributed by atoms with Crippen molar-refractivity contribution in [2.75, 3.05) is 0 Å². The molecule has 6 heteroatoms. The Morgan fingerprint density at radius 1 is 0.929 bits per heavy atom. The molecule has 28 heavy (non-hydrogen) atoms. The molecule has 0 atom stereocenters. The number of thioether (sulfide) groups is 1. The Balaban J connectivity index is 1.54. The largest absolute Gasteiger partial charge is 0.300 e. The minimum absolute atomic E-state index is 0.215. The number of halogens is 2. The van der Waals surface area contributed by atoms with Crippen LogP contribution in [-0.4, -0.2) is 11.1 Å². The fourth-order valence-electron chi connectivity index (χ4n) is 2.73. The number of nitrogens with zero attached hydrogens (tertiary/aromatic N) is 1. The summed E-state index contributed by atoms with van der Waals surface area (Å²) in [6.45, 7) is 0. The third-order valence-electron chi connectivity index (χ3n) is 4.09. The molecule has 3 aromatic carbocycles. The third-order valence-corrected chi connectivity index (χ3v) is 5.00. The molecule has 0 aliphatic carbocycles. The molecule has 1 saturated heterocycles. The molecule has 4 rings (SSSR count). The van der Waals surface area contributed by atoms with Gasteiger partial charge in [-0.15, -0.1) is 0 Å². The van der Waals surface area contributed by atoms with E-state index in [1.165, 1.54) is 23.9 Å². The zero-order valence-electron chi connectivity index (χ0n) is 14.5. The second-order valence-corrected chi connectivity index (χ2v) is 7.09. The predicted molar refractivity (Wildman–Crippen MR) is 109 cm³/mol. The standard InChI is InChI=1S/C22H14F2N2OS/c23-16-10-11-18(19(24)13-16)15-8-6-14(7-9-15)12-20-21(27)26-22(28-20)25-17-4-2-1-3-5-17/h1-13H,(H,25,26,27)/b20-12+. The van der Waals surface area contributed by atoms with Gasteiger partial charge in [0.1, 0.15) is 11.6 Å². The van der Waals surface area contributed by atoms with Crippen LogP contribution in [0.25, 0.3) is 17.2 Å². The maximum atomic E-state index is 13.9. The molecule has 0 saturated carbocycles. The molecule has 0 radical (unpaired) electrons. The Morgan fingerprint density at radius 3 is 2.39 bits per heavy atom. The molecule has 3 aromatic rings. The molecule has 3 nitrogen and oxygen atoms in total. The van der Waals surface area contributed by atoms with Gasteiger partial charge in [-0.1, -0.05) is 42.5 Å². The summed E-state index contributed by atoms with van der Waals surface area (Å²) in [4.78, 5) is 17.1. The molecule has 1 aliphatic heterocycles. The Morgan fingerprint density at radius 2 is 1.68 bits per heavy atom. The average Bonchev–Trinajstić information content (AvgIpc) is 3.02. The van der Waals surface area contributed by atoms with Crippen molar-refractivity contribution in [1.29, 1.82) is 0 Å². The first kappa shape index (κ1) is 18.1. The molecule has 0 bridgehead atoms. The Hall–Kier alpha value is -3.25. The van der Waals surface area contributed by atoms with E-state index in [9.17, 15) is 13.6 Å². The Kier molecular flexibility index (Phi) is 5.04. The van der Waals surface area contributed by atoms with E-state index in [0.29, 0.717) is 21.2 Å². The van der Waals surface area contributed by atoms with Crippen molar-refractivity contribution in [3.05, 3.63) is 94.9 Å². The Bertz CT molecular complexity index is 1090. The molecule has 0 aromatic heterocycles. The SMILES string of the molecule is O=C1NC(=Nc2ccccc2)S/C1=C/c1ccc(-c2ccc(F)cc2F)cc1. The van der Waals surface area contributed by atoms with Crippen molar-refractivity contribution in [2.24, 2.45) is 4.99 Å². The monoisotopic (exact) mass is 392 g/mol. The number of benzene rings is 3. The lowest BCUT2D eigenvalue weighted by molar-refractivity contribution is -0.115. The molecular formula is C22H14F2N2OS. The smallest absolute Gasteiger partial charge is 0.264 e. The van der Waals surface area contributed by atoms with Gasteiger partial charge in [0.15, 0.2) is 5.17 Å². The zero-order valence-corrected chi connectivity index (χ0v) is 15.3. The lowest BCUT2D eigenvalue weighted by atomic mass is 10.0.